The van der Waals surface area contributed by atoms with Crippen molar-refractivity contribution in [2.24, 2.45) is 0 Å². The van der Waals surface area contributed by atoms with Crippen LogP contribution in [0.25, 0.3) is 0 Å². The molecule has 0 fully saturated rings. The Bertz CT molecular complexity index is 532. The SMILES string of the molecule is CCCC[C@H](NC(=O)C(C)Nc1cc(F)cc(F)c1)C(=O)OC. The Kier molecular flexibility index (Phi) is 7.44. The Balaban J connectivity index is 2.68. The quantitative estimate of drug-likeness (QED) is 0.720. The van der Waals surface area contributed by atoms with E-state index in [2.05, 4.69) is 15.4 Å². The molecule has 1 amide bonds. The molecule has 0 spiro atoms. The zero-order valence-corrected chi connectivity index (χ0v) is 13.5. The van der Waals surface area contributed by atoms with Gasteiger partial charge in [0, 0.05) is 11.8 Å². The van der Waals surface area contributed by atoms with E-state index in [0.717, 1.165) is 31.0 Å². The van der Waals surface area contributed by atoms with Gasteiger partial charge in [0.25, 0.3) is 0 Å². The van der Waals surface area contributed by atoms with E-state index >= 15 is 0 Å². The number of methoxy groups -OCH3 is 1. The fourth-order valence-corrected chi connectivity index (χ4v) is 2.05. The molecule has 0 heterocycles. The van der Waals surface area contributed by atoms with Crippen molar-refractivity contribution in [1.82, 2.24) is 5.32 Å². The molecule has 23 heavy (non-hydrogen) atoms. The highest BCUT2D eigenvalue weighted by atomic mass is 19.1. The minimum Gasteiger partial charge on any atom is -0.467 e. The highest BCUT2D eigenvalue weighted by Crippen LogP contribution is 2.14. The standard InChI is InChI=1S/C16H22F2N2O3/c1-4-5-6-14(16(22)23-3)20-15(21)10(2)19-13-8-11(17)7-12(18)9-13/h7-10,14,19H,4-6H2,1-3H3,(H,20,21)/t10?,14-/m0/s1. The first-order valence-corrected chi connectivity index (χ1v) is 7.48. The van der Waals surface area contributed by atoms with E-state index in [0.29, 0.717) is 6.42 Å². The Morgan fingerprint density at radius 1 is 1.22 bits per heavy atom. The molecule has 0 saturated carbocycles. The van der Waals surface area contributed by atoms with Crippen LogP contribution in [-0.4, -0.2) is 31.1 Å². The average molecular weight is 328 g/mol. The van der Waals surface area contributed by atoms with Crippen LogP contribution in [0.3, 0.4) is 0 Å². The van der Waals surface area contributed by atoms with Crippen molar-refractivity contribution < 1.29 is 23.1 Å². The van der Waals surface area contributed by atoms with Crippen LogP contribution in [0.2, 0.25) is 0 Å². The van der Waals surface area contributed by atoms with Gasteiger partial charge in [-0.15, -0.1) is 0 Å². The molecule has 1 unspecified atom stereocenters. The minimum atomic E-state index is -0.773. The Hall–Kier alpha value is -2.18. The molecule has 0 aliphatic heterocycles. The normalized spacial score (nSPS) is 13.1. The van der Waals surface area contributed by atoms with Gasteiger partial charge in [-0.3, -0.25) is 4.79 Å². The number of anilines is 1. The number of esters is 1. The monoisotopic (exact) mass is 328 g/mol. The Morgan fingerprint density at radius 2 is 1.83 bits per heavy atom. The summed E-state index contributed by atoms with van der Waals surface area (Å²) in [6.07, 6.45) is 2.10. The number of unbranched alkanes of at least 4 members (excludes halogenated alkanes) is 1. The van der Waals surface area contributed by atoms with E-state index in [4.69, 9.17) is 0 Å². The van der Waals surface area contributed by atoms with Gasteiger partial charge in [0.2, 0.25) is 5.91 Å². The molecular formula is C16H22F2N2O3. The fourth-order valence-electron chi connectivity index (χ4n) is 2.05. The van der Waals surface area contributed by atoms with Crippen LogP contribution in [0.4, 0.5) is 14.5 Å². The third-order valence-corrected chi connectivity index (χ3v) is 3.29. The number of ether oxygens (including phenoxy) is 1. The van der Waals surface area contributed by atoms with E-state index < -0.39 is 35.6 Å². The predicted molar refractivity (Wildman–Crippen MR) is 82.9 cm³/mol. The number of halogens is 2. The topological polar surface area (TPSA) is 67.4 Å². The van der Waals surface area contributed by atoms with Crippen molar-refractivity contribution in [2.75, 3.05) is 12.4 Å². The number of benzene rings is 1. The molecular weight excluding hydrogens is 306 g/mol. The molecule has 0 bridgehead atoms. The number of hydrogen-bond donors (Lipinski definition) is 2. The number of rotatable bonds is 8. The zero-order chi connectivity index (χ0) is 17.4. The van der Waals surface area contributed by atoms with Gasteiger partial charge in [-0.05, 0) is 25.5 Å². The molecule has 7 heteroatoms. The number of nitrogens with one attached hydrogen (secondary N) is 2. The molecule has 1 aromatic rings. The molecule has 0 aliphatic carbocycles. The molecule has 0 aromatic heterocycles. The van der Waals surface area contributed by atoms with E-state index in [1.807, 2.05) is 6.92 Å². The van der Waals surface area contributed by atoms with Gasteiger partial charge in [-0.1, -0.05) is 19.8 Å². The lowest BCUT2D eigenvalue weighted by molar-refractivity contribution is -0.145. The van der Waals surface area contributed by atoms with Gasteiger partial charge >= 0.3 is 5.97 Å². The first kappa shape index (κ1) is 18.9. The summed E-state index contributed by atoms with van der Waals surface area (Å²) < 4.78 is 30.9. The lowest BCUT2D eigenvalue weighted by Gasteiger charge is -2.20. The number of hydrogen-bond acceptors (Lipinski definition) is 4. The summed E-state index contributed by atoms with van der Waals surface area (Å²) in [5.41, 5.74) is 0.147. The van der Waals surface area contributed by atoms with Crippen LogP contribution in [0.5, 0.6) is 0 Å². The summed E-state index contributed by atoms with van der Waals surface area (Å²) in [6.45, 7) is 3.51. The molecule has 0 saturated heterocycles. The van der Waals surface area contributed by atoms with Crippen molar-refractivity contribution in [3.63, 3.8) is 0 Å². The van der Waals surface area contributed by atoms with Crippen molar-refractivity contribution >= 4 is 17.6 Å². The highest BCUT2D eigenvalue weighted by Gasteiger charge is 2.23. The van der Waals surface area contributed by atoms with Gasteiger partial charge in [-0.2, -0.15) is 0 Å². The van der Waals surface area contributed by atoms with Crippen LogP contribution >= 0.6 is 0 Å². The molecule has 2 N–H and O–H groups in total. The average Bonchev–Trinajstić information content (AvgIpc) is 2.49. The van der Waals surface area contributed by atoms with Crippen molar-refractivity contribution in [2.45, 2.75) is 45.2 Å². The predicted octanol–water partition coefficient (Wildman–Crippen LogP) is 2.61. The first-order valence-electron chi connectivity index (χ1n) is 7.48. The maximum atomic E-state index is 13.1. The van der Waals surface area contributed by atoms with E-state index in [1.165, 1.54) is 14.0 Å². The van der Waals surface area contributed by atoms with Gasteiger partial charge in [0.1, 0.15) is 23.7 Å². The van der Waals surface area contributed by atoms with E-state index in [9.17, 15) is 18.4 Å². The number of carbonyl (C=O) groups excluding carboxylic acids is 2. The molecule has 1 aromatic carbocycles. The van der Waals surface area contributed by atoms with Crippen LogP contribution < -0.4 is 10.6 Å². The Labute approximate surface area is 134 Å². The third-order valence-electron chi connectivity index (χ3n) is 3.29. The van der Waals surface area contributed by atoms with Crippen LogP contribution in [0.15, 0.2) is 18.2 Å². The summed E-state index contributed by atoms with van der Waals surface area (Å²) in [7, 11) is 1.25. The Morgan fingerprint density at radius 3 is 2.35 bits per heavy atom. The summed E-state index contributed by atoms with van der Waals surface area (Å²) in [6, 6.07) is 1.41. The second-order valence-corrected chi connectivity index (χ2v) is 5.25. The summed E-state index contributed by atoms with van der Waals surface area (Å²) in [5, 5.41) is 5.29. The molecule has 1 rings (SSSR count). The molecule has 0 radical (unpaired) electrons. The molecule has 2 atom stereocenters. The number of amides is 1. The van der Waals surface area contributed by atoms with Crippen LogP contribution in [-0.2, 0) is 14.3 Å². The van der Waals surface area contributed by atoms with Gasteiger partial charge in [0.15, 0.2) is 0 Å². The largest absolute Gasteiger partial charge is 0.467 e. The first-order chi connectivity index (χ1) is 10.9. The zero-order valence-electron chi connectivity index (χ0n) is 13.5. The van der Waals surface area contributed by atoms with Gasteiger partial charge < -0.3 is 15.4 Å². The maximum absolute atomic E-state index is 13.1. The lowest BCUT2D eigenvalue weighted by atomic mass is 10.1. The third kappa shape index (κ3) is 6.22. The van der Waals surface area contributed by atoms with Crippen molar-refractivity contribution in [3.8, 4) is 0 Å². The highest BCUT2D eigenvalue weighted by molar-refractivity contribution is 5.88. The lowest BCUT2D eigenvalue weighted by Crippen LogP contribution is -2.47. The minimum absolute atomic E-state index is 0.147. The summed E-state index contributed by atoms with van der Waals surface area (Å²) in [4.78, 5) is 23.8. The molecule has 0 aliphatic rings. The van der Waals surface area contributed by atoms with Gasteiger partial charge in [-0.25, -0.2) is 13.6 Å². The summed E-state index contributed by atoms with van der Waals surface area (Å²) >= 11 is 0. The second kappa shape index (κ2) is 9.07. The smallest absolute Gasteiger partial charge is 0.328 e. The fraction of sp³-hybridized carbons (Fsp3) is 0.500. The van der Waals surface area contributed by atoms with Gasteiger partial charge in [0.05, 0.1) is 7.11 Å². The van der Waals surface area contributed by atoms with Crippen molar-refractivity contribution in [3.05, 3.63) is 29.8 Å². The maximum Gasteiger partial charge on any atom is 0.328 e. The molecule has 5 nitrogen and oxygen atoms in total. The van der Waals surface area contributed by atoms with E-state index in [-0.39, 0.29) is 5.69 Å². The van der Waals surface area contributed by atoms with E-state index in [1.54, 1.807) is 0 Å². The number of carbonyl (C=O) groups is 2. The summed E-state index contributed by atoms with van der Waals surface area (Å²) in [5.74, 6) is -2.46. The van der Waals surface area contributed by atoms with Crippen molar-refractivity contribution in [1.29, 1.82) is 0 Å². The molecule has 128 valence electrons. The second-order valence-electron chi connectivity index (χ2n) is 5.25. The van der Waals surface area contributed by atoms with Crippen LogP contribution in [0.1, 0.15) is 33.1 Å². The van der Waals surface area contributed by atoms with Crippen LogP contribution in [0, 0.1) is 11.6 Å².